The molecule has 0 heterocycles. The van der Waals surface area contributed by atoms with Gasteiger partial charge in [0, 0.05) is 19.4 Å². The highest BCUT2D eigenvalue weighted by Crippen LogP contribution is 2.27. The lowest BCUT2D eigenvalue weighted by molar-refractivity contribution is -0.137. The summed E-state index contributed by atoms with van der Waals surface area (Å²) < 4.78 is 0. The molecule has 1 fully saturated rings. The van der Waals surface area contributed by atoms with Gasteiger partial charge < -0.3 is 20.8 Å². The average molecular weight is 461 g/mol. The Morgan fingerprint density at radius 1 is 0.939 bits per heavy atom. The third-order valence-corrected chi connectivity index (χ3v) is 6.47. The summed E-state index contributed by atoms with van der Waals surface area (Å²) in [5.41, 5.74) is 2.02. The number of nitrogens with one attached hydrogen (secondary N) is 2. The summed E-state index contributed by atoms with van der Waals surface area (Å²) in [6, 6.07) is 6.72. The van der Waals surface area contributed by atoms with Crippen LogP contribution in [-0.4, -0.2) is 47.2 Å². The first kappa shape index (κ1) is 26.8. The lowest BCUT2D eigenvalue weighted by Crippen LogP contribution is -2.49. The molecule has 1 aromatic rings. The molecule has 1 aliphatic rings. The van der Waals surface area contributed by atoms with E-state index < -0.39 is 18.6 Å². The van der Waals surface area contributed by atoms with E-state index in [1.165, 1.54) is 38.5 Å². The Labute approximate surface area is 197 Å². The molecule has 1 atom stereocenters. The number of carboxylic acids is 1. The van der Waals surface area contributed by atoms with Crippen molar-refractivity contribution in [3.05, 3.63) is 35.4 Å². The van der Waals surface area contributed by atoms with Gasteiger partial charge in [-0.15, -0.1) is 0 Å². The van der Waals surface area contributed by atoms with Crippen molar-refractivity contribution >= 4 is 17.8 Å². The molecule has 184 valence electrons. The van der Waals surface area contributed by atoms with E-state index in [0.717, 1.165) is 29.9 Å². The fraction of sp³-hybridized carbons (Fsp3) is 0.654. The van der Waals surface area contributed by atoms with Gasteiger partial charge in [-0.3, -0.25) is 14.4 Å². The van der Waals surface area contributed by atoms with Crippen molar-refractivity contribution in [2.75, 3.05) is 13.2 Å². The number of carbonyl (C=O) groups excluding carboxylic acids is 2. The summed E-state index contributed by atoms with van der Waals surface area (Å²) in [4.78, 5) is 35.4. The van der Waals surface area contributed by atoms with Crippen molar-refractivity contribution in [2.45, 2.75) is 89.5 Å². The maximum absolute atomic E-state index is 12.3. The summed E-state index contributed by atoms with van der Waals surface area (Å²) >= 11 is 0. The third kappa shape index (κ3) is 10.8. The zero-order valence-electron chi connectivity index (χ0n) is 19.7. The van der Waals surface area contributed by atoms with Gasteiger partial charge in [0.15, 0.2) is 0 Å². The number of aliphatic hydroxyl groups excluding tert-OH is 1. The zero-order valence-corrected chi connectivity index (χ0v) is 19.7. The highest BCUT2D eigenvalue weighted by Gasteiger charge is 2.19. The molecule has 1 aromatic carbocycles. The lowest BCUT2D eigenvalue weighted by atomic mass is 9.86. The molecule has 33 heavy (non-hydrogen) atoms. The molecule has 0 saturated heterocycles. The monoisotopic (exact) mass is 460 g/mol. The second kappa shape index (κ2) is 15.4. The molecule has 1 saturated carbocycles. The summed E-state index contributed by atoms with van der Waals surface area (Å²) in [6.07, 6.45) is 11.9. The van der Waals surface area contributed by atoms with Gasteiger partial charge >= 0.3 is 5.97 Å². The van der Waals surface area contributed by atoms with Crippen LogP contribution in [0.25, 0.3) is 0 Å². The van der Waals surface area contributed by atoms with Crippen molar-refractivity contribution in [2.24, 2.45) is 5.92 Å². The molecule has 0 spiro atoms. The van der Waals surface area contributed by atoms with Gasteiger partial charge in [0.25, 0.3) is 0 Å². The second-order valence-corrected chi connectivity index (χ2v) is 9.11. The van der Waals surface area contributed by atoms with Crippen LogP contribution in [0.3, 0.4) is 0 Å². The molecule has 7 nitrogen and oxygen atoms in total. The van der Waals surface area contributed by atoms with Crippen molar-refractivity contribution in [3.8, 4) is 0 Å². The van der Waals surface area contributed by atoms with Crippen LogP contribution in [0.2, 0.25) is 0 Å². The smallest absolute Gasteiger partial charge is 0.303 e. The molecule has 4 N–H and O–H groups in total. The molecule has 1 aliphatic carbocycles. The van der Waals surface area contributed by atoms with Gasteiger partial charge in [-0.1, -0.05) is 69.2 Å². The van der Waals surface area contributed by atoms with Gasteiger partial charge in [0.05, 0.1) is 6.61 Å². The minimum atomic E-state index is -0.932. The Balaban J connectivity index is 1.64. The Bertz CT molecular complexity index is 746. The molecular weight excluding hydrogens is 420 g/mol. The quantitative estimate of drug-likeness (QED) is 0.300. The number of aliphatic hydroxyl groups is 1. The van der Waals surface area contributed by atoms with Crippen molar-refractivity contribution in [1.82, 2.24) is 10.6 Å². The average Bonchev–Trinajstić information content (AvgIpc) is 2.82. The van der Waals surface area contributed by atoms with Crippen LogP contribution in [0.15, 0.2) is 24.3 Å². The summed E-state index contributed by atoms with van der Waals surface area (Å²) in [6.45, 7) is 0.128. The number of hydrogen-bond acceptors (Lipinski definition) is 4. The predicted octanol–water partition coefficient (Wildman–Crippen LogP) is 3.37. The SMILES string of the molecule is O=C(O)CCc1ccccc1CCCC(=O)NC(CO)C(=O)NCCCCC1CCCCC1. The largest absolute Gasteiger partial charge is 0.481 e. The van der Waals surface area contributed by atoms with Crippen LogP contribution in [0.4, 0.5) is 0 Å². The van der Waals surface area contributed by atoms with E-state index in [-0.39, 0.29) is 24.7 Å². The number of aliphatic carboxylic acids is 1. The predicted molar refractivity (Wildman–Crippen MR) is 128 cm³/mol. The first-order valence-corrected chi connectivity index (χ1v) is 12.5. The Hall–Kier alpha value is -2.41. The number of hydrogen-bond donors (Lipinski definition) is 4. The number of carboxylic acid groups (broad SMARTS) is 1. The van der Waals surface area contributed by atoms with Crippen molar-refractivity contribution in [3.63, 3.8) is 0 Å². The molecule has 0 aliphatic heterocycles. The molecule has 0 aromatic heterocycles. The Morgan fingerprint density at radius 3 is 2.30 bits per heavy atom. The lowest BCUT2D eigenvalue weighted by Gasteiger charge is -2.21. The number of aryl methyl sites for hydroxylation is 2. The van der Waals surface area contributed by atoms with Gasteiger partial charge in [-0.05, 0) is 42.7 Å². The van der Waals surface area contributed by atoms with Gasteiger partial charge in [-0.2, -0.15) is 0 Å². The highest BCUT2D eigenvalue weighted by atomic mass is 16.4. The molecule has 1 unspecified atom stereocenters. The van der Waals surface area contributed by atoms with Gasteiger partial charge in [0.1, 0.15) is 6.04 Å². The Morgan fingerprint density at radius 2 is 1.64 bits per heavy atom. The van der Waals surface area contributed by atoms with Gasteiger partial charge in [-0.25, -0.2) is 0 Å². The minimum absolute atomic E-state index is 0.0748. The fourth-order valence-corrected chi connectivity index (χ4v) is 4.56. The van der Waals surface area contributed by atoms with E-state index in [1.54, 1.807) is 0 Å². The van der Waals surface area contributed by atoms with Crippen LogP contribution in [0.1, 0.15) is 81.8 Å². The number of rotatable bonds is 15. The van der Waals surface area contributed by atoms with E-state index in [2.05, 4.69) is 10.6 Å². The maximum Gasteiger partial charge on any atom is 0.303 e. The second-order valence-electron chi connectivity index (χ2n) is 9.11. The number of carbonyl (C=O) groups is 3. The van der Waals surface area contributed by atoms with Crippen LogP contribution in [0, 0.1) is 5.92 Å². The first-order valence-electron chi connectivity index (χ1n) is 12.5. The normalized spacial score (nSPS) is 15.1. The number of benzene rings is 1. The number of unbranched alkanes of at least 4 members (excludes halogenated alkanes) is 1. The fourth-order valence-electron chi connectivity index (χ4n) is 4.56. The molecule has 7 heteroatoms. The van der Waals surface area contributed by atoms with E-state index in [0.29, 0.717) is 25.8 Å². The van der Waals surface area contributed by atoms with E-state index >= 15 is 0 Å². The summed E-state index contributed by atoms with van der Waals surface area (Å²) in [5.74, 6) is -0.614. The zero-order chi connectivity index (χ0) is 23.9. The summed E-state index contributed by atoms with van der Waals surface area (Å²) in [5, 5.41) is 23.9. The third-order valence-electron chi connectivity index (χ3n) is 6.47. The molecule has 2 rings (SSSR count). The minimum Gasteiger partial charge on any atom is -0.481 e. The van der Waals surface area contributed by atoms with Gasteiger partial charge in [0.2, 0.25) is 11.8 Å². The Kier molecular flexibility index (Phi) is 12.6. The van der Waals surface area contributed by atoms with Crippen molar-refractivity contribution in [1.29, 1.82) is 0 Å². The van der Waals surface area contributed by atoms with E-state index in [4.69, 9.17) is 5.11 Å². The highest BCUT2D eigenvalue weighted by molar-refractivity contribution is 5.87. The van der Waals surface area contributed by atoms with Crippen LogP contribution < -0.4 is 10.6 Å². The molecular formula is C26H40N2O5. The van der Waals surface area contributed by atoms with E-state index in [9.17, 15) is 19.5 Å². The van der Waals surface area contributed by atoms with E-state index in [1.807, 2.05) is 24.3 Å². The first-order chi connectivity index (χ1) is 16.0. The standard InChI is InChI=1S/C26H40N2O5/c29-19-23(26(33)27-18-7-6-11-20-9-2-1-3-10-20)28-24(30)15-8-14-21-12-4-5-13-22(21)16-17-25(31)32/h4-5,12-13,20,23,29H,1-3,6-11,14-19H2,(H,27,33)(H,28,30)(H,31,32). The number of amides is 2. The molecule has 0 radical (unpaired) electrons. The summed E-state index contributed by atoms with van der Waals surface area (Å²) in [7, 11) is 0. The van der Waals surface area contributed by atoms with Crippen LogP contribution in [0.5, 0.6) is 0 Å². The van der Waals surface area contributed by atoms with Crippen LogP contribution >= 0.6 is 0 Å². The van der Waals surface area contributed by atoms with Crippen molar-refractivity contribution < 1.29 is 24.6 Å². The topological polar surface area (TPSA) is 116 Å². The van der Waals surface area contributed by atoms with Crippen LogP contribution in [-0.2, 0) is 27.2 Å². The molecule has 0 bridgehead atoms. The maximum atomic E-state index is 12.3. The molecule has 2 amide bonds.